The molecular weight excluding hydrogens is 421 g/mol. The van der Waals surface area contributed by atoms with Crippen LogP contribution in [0.5, 0.6) is 0 Å². The van der Waals surface area contributed by atoms with E-state index in [9.17, 15) is 17.6 Å². The third-order valence-corrected chi connectivity index (χ3v) is 6.67. The van der Waals surface area contributed by atoms with Gasteiger partial charge in [-0.1, -0.05) is 18.2 Å². The predicted octanol–water partition coefficient (Wildman–Crippen LogP) is 2.18. The maximum atomic E-state index is 14.9. The molecule has 31 heavy (non-hydrogen) atoms. The van der Waals surface area contributed by atoms with E-state index in [0.29, 0.717) is 49.7 Å². The van der Waals surface area contributed by atoms with Crippen molar-refractivity contribution in [3.8, 4) is 11.1 Å². The summed E-state index contributed by atoms with van der Waals surface area (Å²) in [4.78, 5) is 13.4. The molecule has 0 saturated carbocycles. The Hall–Kier alpha value is -2.82. The van der Waals surface area contributed by atoms with Crippen LogP contribution in [0.3, 0.4) is 0 Å². The fraction of sp³-hybridized carbons (Fsp3) is 0.333. The molecule has 164 valence electrons. The molecule has 1 N–H and O–H groups in total. The SMILES string of the molecule is CC(=O)Nc1cc2c(-c3ccc(CN4CCN(S(C)(=O)=O)CC4)c(F)c3)cccn2n1. The van der Waals surface area contributed by atoms with Crippen molar-refractivity contribution in [3.63, 3.8) is 0 Å². The average molecular weight is 446 g/mol. The van der Waals surface area contributed by atoms with Gasteiger partial charge in [-0.25, -0.2) is 17.3 Å². The van der Waals surface area contributed by atoms with Crippen molar-refractivity contribution < 1.29 is 17.6 Å². The Morgan fingerprint density at radius 3 is 2.55 bits per heavy atom. The predicted molar refractivity (Wildman–Crippen MR) is 117 cm³/mol. The molecule has 1 aliphatic heterocycles. The van der Waals surface area contributed by atoms with Crippen LogP contribution in [0.4, 0.5) is 10.2 Å². The number of carbonyl (C=O) groups excluding carboxylic acids is 1. The lowest BCUT2D eigenvalue weighted by atomic mass is 10.0. The second-order valence-corrected chi connectivity index (χ2v) is 9.69. The van der Waals surface area contributed by atoms with Crippen molar-refractivity contribution >= 4 is 27.3 Å². The Balaban J connectivity index is 1.53. The van der Waals surface area contributed by atoms with E-state index in [1.165, 1.54) is 23.6 Å². The van der Waals surface area contributed by atoms with Crippen molar-refractivity contribution in [1.82, 2.24) is 18.8 Å². The van der Waals surface area contributed by atoms with Crippen molar-refractivity contribution in [2.75, 3.05) is 37.8 Å². The highest BCUT2D eigenvalue weighted by molar-refractivity contribution is 7.88. The number of sulfonamides is 1. The average Bonchev–Trinajstić information content (AvgIpc) is 3.11. The van der Waals surface area contributed by atoms with E-state index >= 15 is 0 Å². The largest absolute Gasteiger partial charge is 0.309 e. The number of hydrogen-bond donors (Lipinski definition) is 1. The molecule has 3 aromatic rings. The number of nitrogens with one attached hydrogen (secondary N) is 1. The van der Waals surface area contributed by atoms with Crippen LogP contribution in [0.2, 0.25) is 0 Å². The molecule has 4 rings (SSSR count). The van der Waals surface area contributed by atoms with E-state index < -0.39 is 10.0 Å². The minimum absolute atomic E-state index is 0.210. The van der Waals surface area contributed by atoms with Gasteiger partial charge in [0.25, 0.3) is 0 Å². The maximum absolute atomic E-state index is 14.9. The number of nitrogens with zero attached hydrogens (tertiary/aromatic N) is 4. The molecule has 1 fully saturated rings. The summed E-state index contributed by atoms with van der Waals surface area (Å²) in [6.45, 7) is 3.80. The van der Waals surface area contributed by atoms with Gasteiger partial charge in [0.05, 0.1) is 11.8 Å². The Labute approximate surface area is 180 Å². The highest BCUT2D eigenvalue weighted by Gasteiger charge is 2.24. The number of piperazine rings is 1. The molecule has 0 spiro atoms. The van der Waals surface area contributed by atoms with E-state index in [1.54, 1.807) is 22.8 Å². The first-order chi connectivity index (χ1) is 14.7. The van der Waals surface area contributed by atoms with Gasteiger partial charge in [-0.15, -0.1) is 0 Å². The first-order valence-corrected chi connectivity index (χ1v) is 11.8. The number of pyridine rings is 1. The molecule has 1 aromatic carbocycles. The van der Waals surface area contributed by atoms with Crippen LogP contribution in [0.15, 0.2) is 42.6 Å². The van der Waals surface area contributed by atoms with Gasteiger partial charge in [-0.05, 0) is 17.7 Å². The van der Waals surface area contributed by atoms with Gasteiger partial charge in [0.15, 0.2) is 5.82 Å². The van der Waals surface area contributed by atoms with E-state index in [4.69, 9.17) is 0 Å². The summed E-state index contributed by atoms with van der Waals surface area (Å²) in [5.74, 6) is -0.0883. The van der Waals surface area contributed by atoms with Crippen molar-refractivity contribution in [3.05, 3.63) is 54.0 Å². The second kappa shape index (κ2) is 8.37. The standard InChI is InChI=1S/C21H24FN5O3S/c1-15(28)23-21-13-20-18(4-3-7-27(20)24-21)16-5-6-17(19(22)12-16)14-25-8-10-26(11-9-25)31(2,29)30/h3-7,12-13H,8-11,14H2,1-2H3,(H,23,24,28). The number of carbonyl (C=O) groups is 1. The molecule has 0 unspecified atom stereocenters. The number of benzene rings is 1. The van der Waals surface area contributed by atoms with Gasteiger partial charge in [0.1, 0.15) is 5.82 Å². The second-order valence-electron chi connectivity index (χ2n) is 7.71. The number of amides is 1. The summed E-state index contributed by atoms with van der Waals surface area (Å²) in [5, 5.41) is 6.98. The van der Waals surface area contributed by atoms with Gasteiger partial charge < -0.3 is 5.32 Å². The number of rotatable bonds is 5. The number of anilines is 1. The van der Waals surface area contributed by atoms with E-state index in [2.05, 4.69) is 15.3 Å². The number of fused-ring (bicyclic) bond motifs is 1. The van der Waals surface area contributed by atoms with E-state index in [0.717, 1.165) is 11.1 Å². The quantitative estimate of drug-likeness (QED) is 0.651. The summed E-state index contributed by atoms with van der Waals surface area (Å²) < 4.78 is 41.3. The monoisotopic (exact) mass is 445 g/mol. The smallest absolute Gasteiger partial charge is 0.222 e. The Kier molecular flexibility index (Phi) is 5.78. The molecule has 1 amide bonds. The lowest BCUT2D eigenvalue weighted by Gasteiger charge is -2.33. The molecule has 0 aliphatic carbocycles. The van der Waals surface area contributed by atoms with Gasteiger partial charge in [-0.3, -0.25) is 9.69 Å². The minimum Gasteiger partial charge on any atom is -0.309 e. The minimum atomic E-state index is -3.19. The van der Waals surface area contributed by atoms with Gasteiger partial charge >= 0.3 is 0 Å². The zero-order valence-corrected chi connectivity index (χ0v) is 18.2. The fourth-order valence-corrected chi connectivity index (χ4v) is 4.63. The number of aromatic nitrogens is 2. The Morgan fingerprint density at radius 1 is 1.16 bits per heavy atom. The maximum Gasteiger partial charge on any atom is 0.222 e. The number of hydrogen-bond acceptors (Lipinski definition) is 5. The topological polar surface area (TPSA) is 87.0 Å². The molecule has 8 nitrogen and oxygen atoms in total. The molecule has 0 bridgehead atoms. The fourth-order valence-electron chi connectivity index (χ4n) is 3.80. The van der Waals surface area contributed by atoms with Crippen LogP contribution in [0.25, 0.3) is 16.6 Å². The Morgan fingerprint density at radius 2 is 1.90 bits per heavy atom. The summed E-state index contributed by atoms with van der Waals surface area (Å²) in [6, 6.07) is 10.6. The van der Waals surface area contributed by atoms with Crippen LogP contribution >= 0.6 is 0 Å². The molecule has 3 heterocycles. The summed E-state index contributed by atoms with van der Waals surface area (Å²) >= 11 is 0. The van der Waals surface area contributed by atoms with E-state index in [1.807, 2.05) is 18.2 Å². The molecule has 1 aliphatic rings. The van der Waals surface area contributed by atoms with Crippen LogP contribution in [-0.4, -0.2) is 65.6 Å². The first-order valence-electron chi connectivity index (χ1n) is 9.93. The van der Waals surface area contributed by atoms with Crippen molar-refractivity contribution in [1.29, 1.82) is 0 Å². The third-order valence-electron chi connectivity index (χ3n) is 5.36. The molecular formula is C21H24FN5O3S. The highest BCUT2D eigenvalue weighted by Crippen LogP contribution is 2.28. The first kappa shape index (κ1) is 21.4. The molecule has 10 heteroatoms. The van der Waals surface area contributed by atoms with E-state index in [-0.39, 0.29) is 11.7 Å². The third kappa shape index (κ3) is 4.76. The summed E-state index contributed by atoms with van der Waals surface area (Å²) in [6.07, 6.45) is 2.98. The normalized spacial score (nSPS) is 16.0. The van der Waals surface area contributed by atoms with Crippen LogP contribution in [0.1, 0.15) is 12.5 Å². The zero-order chi connectivity index (χ0) is 22.2. The Bertz CT molecular complexity index is 1230. The van der Waals surface area contributed by atoms with Gasteiger partial charge in [-0.2, -0.15) is 9.40 Å². The summed E-state index contributed by atoms with van der Waals surface area (Å²) in [5.41, 5.74) is 2.84. The van der Waals surface area contributed by atoms with Crippen LogP contribution in [0, 0.1) is 5.82 Å². The zero-order valence-electron chi connectivity index (χ0n) is 17.4. The van der Waals surface area contributed by atoms with Gasteiger partial charge in [0, 0.05) is 63.0 Å². The summed E-state index contributed by atoms with van der Waals surface area (Å²) in [7, 11) is -3.19. The molecule has 0 atom stereocenters. The van der Waals surface area contributed by atoms with Crippen LogP contribution in [-0.2, 0) is 21.4 Å². The van der Waals surface area contributed by atoms with Gasteiger partial charge in [0.2, 0.25) is 15.9 Å². The molecule has 0 radical (unpaired) electrons. The lowest BCUT2D eigenvalue weighted by molar-refractivity contribution is -0.114. The number of halogens is 1. The van der Waals surface area contributed by atoms with Crippen molar-refractivity contribution in [2.24, 2.45) is 0 Å². The molecule has 2 aromatic heterocycles. The molecule has 1 saturated heterocycles. The highest BCUT2D eigenvalue weighted by atomic mass is 32.2. The van der Waals surface area contributed by atoms with Crippen LogP contribution < -0.4 is 5.32 Å². The lowest BCUT2D eigenvalue weighted by Crippen LogP contribution is -2.47. The van der Waals surface area contributed by atoms with Crippen molar-refractivity contribution in [2.45, 2.75) is 13.5 Å².